The average Bonchev–Trinajstić information content (AvgIpc) is 2.19. The van der Waals surface area contributed by atoms with Crippen LogP contribution in [0.1, 0.15) is 27.7 Å². The zero-order chi connectivity index (χ0) is 11.6. The zero-order valence-corrected chi connectivity index (χ0v) is 12.7. The fourth-order valence-electron chi connectivity index (χ4n) is 0.438. The summed E-state index contributed by atoms with van der Waals surface area (Å²) < 4.78 is 19.5. The van der Waals surface area contributed by atoms with Crippen LogP contribution in [0.4, 0.5) is 0 Å². The Hall–Kier alpha value is 1.19. The second kappa shape index (κ2) is 10.7. The van der Waals surface area contributed by atoms with Crippen LogP contribution < -0.4 is 0 Å². The van der Waals surface area contributed by atoms with Crippen molar-refractivity contribution in [1.29, 1.82) is 0 Å². The van der Waals surface area contributed by atoms with E-state index in [4.69, 9.17) is 15.7 Å². The molecule has 1 unspecified atom stereocenters. The van der Waals surface area contributed by atoms with Crippen molar-refractivity contribution >= 4 is 41.1 Å². The molecule has 0 spiro atoms. The molecule has 0 aromatic carbocycles. The Morgan fingerprint density at radius 2 is 1.71 bits per heavy atom. The third-order valence-corrected chi connectivity index (χ3v) is 8.17. The van der Waals surface area contributed by atoms with Gasteiger partial charge in [0.15, 0.2) is 0 Å². The van der Waals surface area contributed by atoms with Gasteiger partial charge >= 0.3 is 0 Å². The van der Waals surface area contributed by atoms with Crippen molar-refractivity contribution in [2.75, 3.05) is 23.0 Å². The molecule has 0 bridgehead atoms. The van der Waals surface area contributed by atoms with Gasteiger partial charge in [-0.05, 0) is 29.6 Å². The summed E-state index contributed by atoms with van der Waals surface area (Å²) in [4.78, 5) is 0. The molecule has 1 N–H and O–H groups in total. The Morgan fingerprint density at radius 3 is 1.79 bits per heavy atom. The van der Waals surface area contributed by atoms with E-state index in [-0.39, 0.29) is 0 Å². The maximum Gasteiger partial charge on any atom is 0.115 e. The lowest BCUT2D eigenvalue weighted by Crippen LogP contribution is -2.13. The van der Waals surface area contributed by atoms with Crippen LogP contribution >= 0.6 is 10.8 Å². The van der Waals surface area contributed by atoms with Crippen LogP contribution in [0.3, 0.4) is 0 Å². The first-order valence-corrected chi connectivity index (χ1v) is 10.7. The van der Waals surface area contributed by atoms with E-state index in [0.29, 0.717) is 0 Å². The highest BCUT2D eigenvalue weighted by Gasteiger charge is 1.98. The van der Waals surface area contributed by atoms with Gasteiger partial charge in [-0.15, -0.1) is 8.87 Å². The molecule has 2 nitrogen and oxygen atoms in total. The minimum atomic E-state index is -1.82. The van der Waals surface area contributed by atoms with Crippen molar-refractivity contribution < 1.29 is 9.11 Å². The molecular weight excluding hydrogens is 256 g/mol. The Morgan fingerprint density at radius 1 is 1.29 bits per heavy atom. The predicted molar refractivity (Wildman–Crippen MR) is 76.7 cm³/mol. The normalized spacial score (nSPS) is 14.1. The molecule has 1 atom stereocenters. The van der Waals surface area contributed by atoms with Crippen LogP contribution in [0.25, 0.3) is 0 Å². The smallest absolute Gasteiger partial charge is 0.115 e. The number of hydrogen-bond acceptors (Lipinski definition) is 3. The molecule has 0 heterocycles. The summed E-state index contributed by atoms with van der Waals surface area (Å²) >= 11 is 4.81. The Kier molecular flexibility index (Phi) is 13.4. The van der Waals surface area contributed by atoms with E-state index in [9.17, 15) is 4.55 Å². The average molecular weight is 279 g/mol. The van der Waals surface area contributed by atoms with E-state index in [2.05, 4.69) is 0 Å². The Bertz CT molecular complexity index is 155. The maximum atomic E-state index is 10.5. The van der Waals surface area contributed by atoms with E-state index >= 15 is 0 Å². The van der Waals surface area contributed by atoms with Gasteiger partial charge in [0.1, 0.15) is 5.75 Å². The molecule has 0 amide bonds. The van der Waals surface area contributed by atoms with Gasteiger partial charge in [-0.25, -0.2) is 0 Å². The second-order valence-corrected chi connectivity index (χ2v) is 11.3. The van der Waals surface area contributed by atoms with Crippen LogP contribution in [0.2, 0.25) is 0 Å². The van der Waals surface area contributed by atoms with Crippen LogP contribution in [0.15, 0.2) is 0 Å². The second-order valence-electron chi connectivity index (χ2n) is 2.48. The summed E-state index contributed by atoms with van der Waals surface area (Å²) in [6.45, 7) is 7.81. The lowest BCUT2D eigenvalue weighted by molar-refractivity contribution is 0.610. The van der Waals surface area contributed by atoms with E-state index in [1.165, 1.54) is 10.8 Å². The first-order valence-electron chi connectivity index (χ1n) is 4.75. The molecule has 0 aliphatic heterocycles. The first-order chi connectivity index (χ1) is 6.43. The fraction of sp³-hybridized carbons (Fsp3) is 1.00. The molecule has 0 saturated heterocycles. The minimum Gasteiger partial charge on any atom is -0.605 e. The molecule has 6 heteroatoms. The van der Waals surface area contributed by atoms with Crippen molar-refractivity contribution in [2.24, 2.45) is 0 Å². The molecule has 0 aliphatic rings. The van der Waals surface area contributed by atoms with Crippen LogP contribution in [0, 0.1) is 0 Å². The van der Waals surface area contributed by atoms with Crippen molar-refractivity contribution in [3.05, 3.63) is 0 Å². The van der Waals surface area contributed by atoms with Crippen LogP contribution in [-0.4, -0.2) is 32.1 Å². The highest BCUT2D eigenvalue weighted by molar-refractivity contribution is 8.72. The van der Waals surface area contributed by atoms with Gasteiger partial charge in [-0.1, -0.05) is 20.8 Å². The number of thiol groups is 1. The van der Waals surface area contributed by atoms with Gasteiger partial charge in [0.2, 0.25) is 0 Å². The third-order valence-electron chi connectivity index (χ3n) is 1.47. The fourth-order valence-corrected chi connectivity index (χ4v) is 2.60. The number of hydrogen-bond donors (Lipinski definition) is 2. The third kappa shape index (κ3) is 13.2. The van der Waals surface area contributed by atoms with Gasteiger partial charge < -0.3 is 9.11 Å². The molecule has 0 aromatic heterocycles. The summed E-state index contributed by atoms with van der Waals surface area (Å²) in [5, 5.41) is 0. The summed E-state index contributed by atoms with van der Waals surface area (Å²) in [5.74, 6) is 3.29. The van der Waals surface area contributed by atoms with E-state index < -0.39 is 19.1 Å². The van der Waals surface area contributed by atoms with Crippen LogP contribution in [-0.2, 0) is 30.3 Å². The van der Waals surface area contributed by atoms with Crippen molar-refractivity contribution in [2.45, 2.75) is 27.7 Å². The van der Waals surface area contributed by atoms with Gasteiger partial charge in [0.05, 0.1) is 10.8 Å². The largest absolute Gasteiger partial charge is 0.605 e. The summed E-state index contributed by atoms with van der Waals surface area (Å²) in [7, 11) is -0.928. The monoisotopic (exact) mass is 278 g/mol. The van der Waals surface area contributed by atoms with Crippen LogP contribution in [0.5, 0.6) is 0 Å². The lowest BCUT2D eigenvalue weighted by atomic mass is 11.0. The Labute approximate surface area is 101 Å². The predicted octanol–water partition coefficient (Wildman–Crippen LogP) is 2.27. The standard InChI is InChI=1S/C4H12OS2.C4H10OS2/c1-3-7(5,6)4-2;1-3-6-7(5)4-2/h7H,3-4H2,1-2H3,(H,5,6);3-4H2,1-2H3. The lowest BCUT2D eigenvalue weighted by Gasteiger charge is -2.13. The van der Waals surface area contributed by atoms with Gasteiger partial charge in [0, 0.05) is 16.0 Å². The van der Waals surface area contributed by atoms with E-state index in [0.717, 1.165) is 23.0 Å². The maximum absolute atomic E-state index is 10.5. The molecule has 0 saturated carbocycles. The SMILES string of the molecule is CCS[S+]([O-])CC.CC[SH](O)(=S)CC. The quantitative estimate of drug-likeness (QED) is 0.460. The van der Waals surface area contributed by atoms with E-state index in [1.807, 2.05) is 27.7 Å². The molecule has 90 valence electrons. The molecule has 0 rings (SSSR count). The highest BCUT2D eigenvalue weighted by atomic mass is 33.1. The highest BCUT2D eigenvalue weighted by Crippen LogP contribution is 2.10. The van der Waals surface area contributed by atoms with E-state index in [1.54, 1.807) is 0 Å². The van der Waals surface area contributed by atoms with Gasteiger partial charge in [-0.2, -0.15) is 0 Å². The summed E-state index contributed by atoms with van der Waals surface area (Å²) in [6.07, 6.45) is 0. The first kappa shape index (κ1) is 17.6. The zero-order valence-electron chi connectivity index (χ0n) is 9.36. The molecular formula is C8H22O2S4. The van der Waals surface area contributed by atoms with Gasteiger partial charge in [-0.3, -0.25) is 0 Å². The van der Waals surface area contributed by atoms with Crippen molar-refractivity contribution in [3.8, 4) is 0 Å². The van der Waals surface area contributed by atoms with Crippen molar-refractivity contribution in [3.63, 3.8) is 0 Å². The molecule has 0 aliphatic carbocycles. The summed E-state index contributed by atoms with van der Waals surface area (Å²) in [5.41, 5.74) is 0. The molecule has 0 fully saturated rings. The molecule has 14 heavy (non-hydrogen) atoms. The molecule has 0 radical (unpaired) electrons. The minimum absolute atomic E-state index is 0.610. The number of rotatable bonds is 5. The summed E-state index contributed by atoms with van der Waals surface area (Å²) in [6, 6.07) is 0. The van der Waals surface area contributed by atoms with Gasteiger partial charge in [0.25, 0.3) is 0 Å². The van der Waals surface area contributed by atoms with Crippen molar-refractivity contribution in [1.82, 2.24) is 0 Å². The topological polar surface area (TPSA) is 43.3 Å². The molecule has 0 aromatic rings. The Balaban J connectivity index is 0.